The Morgan fingerprint density at radius 1 is 1.14 bits per heavy atom. The van der Waals surface area contributed by atoms with E-state index in [2.05, 4.69) is 9.71 Å². The number of benzene rings is 2. The number of nitrogens with one attached hydrogen (secondary N) is 2. The zero-order valence-electron chi connectivity index (χ0n) is 16.2. The summed E-state index contributed by atoms with van der Waals surface area (Å²) in [5.74, 6) is -0.0287. The number of para-hydroxylation sites is 2. The standard InChI is InChI=1S/C12H8FNO2.C9H13NO2S/c1-16-7-5-3-2-4-6(7)12(15)11-8-9(13)10(8)14-11;1-3-8-6-4-5-7-9(8)10-13(2,11)12/h2-5,14H,1H3;4-7,10H,3H2,1-2H3. The maximum atomic E-state index is 12.8. The molecule has 2 aromatic carbocycles. The zero-order valence-corrected chi connectivity index (χ0v) is 17.1. The number of methoxy groups -OCH3 is 1. The number of aromatic nitrogens is 1. The fourth-order valence-corrected chi connectivity index (χ4v) is 3.51. The second-order valence-corrected chi connectivity index (χ2v) is 8.23. The van der Waals surface area contributed by atoms with E-state index in [0.717, 1.165) is 18.2 Å². The molecule has 0 aromatic heterocycles. The van der Waals surface area contributed by atoms with Gasteiger partial charge in [0.1, 0.15) is 11.4 Å². The number of sulfonamides is 1. The Balaban J connectivity index is 0.000000170. The number of aromatic amines is 1. The molecule has 0 spiro atoms. The van der Waals surface area contributed by atoms with Crippen LogP contribution in [0.1, 0.15) is 28.5 Å². The number of H-pyrrole nitrogens is 1. The Kier molecular flexibility index (Phi) is 5.74. The molecule has 2 aliphatic rings. The van der Waals surface area contributed by atoms with Gasteiger partial charge in [0.2, 0.25) is 15.8 Å². The first-order valence-corrected chi connectivity index (χ1v) is 10.8. The second kappa shape index (κ2) is 8.08. The van der Waals surface area contributed by atoms with Gasteiger partial charge in [-0.25, -0.2) is 12.8 Å². The predicted octanol–water partition coefficient (Wildman–Crippen LogP) is 3.99. The third kappa shape index (κ3) is 4.48. The largest absolute Gasteiger partial charge is 0.496 e. The second-order valence-electron chi connectivity index (χ2n) is 6.48. The molecule has 0 bridgehead atoms. The molecular weight excluding hydrogens is 395 g/mol. The van der Waals surface area contributed by atoms with Crippen molar-refractivity contribution in [3.63, 3.8) is 0 Å². The first-order valence-electron chi connectivity index (χ1n) is 8.92. The molecule has 0 radical (unpaired) electrons. The Bertz CT molecular complexity index is 1170. The van der Waals surface area contributed by atoms with Gasteiger partial charge in [-0.15, -0.1) is 0 Å². The van der Waals surface area contributed by atoms with Crippen molar-refractivity contribution in [2.75, 3.05) is 18.1 Å². The third-order valence-corrected chi connectivity index (χ3v) is 4.99. The van der Waals surface area contributed by atoms with Crippen LogP contribution in [-0.2, 0) is 16.4 Å². The number of aryl methyl sites for hydroxylation is 1. The van der Waals surface area contributed by atoms with Gasteiger partial charge in [-0.05, 0) is 30.2 Å². The lowest BCUT2D eigenvalue weighted by atomic mass is 10.0. The van der Waals surface area contributed by atoms with Crippen LogP contribution < -0.4 is 9.46 Å². The summed E-state index contributed by atoms with van der Waals surface area (Å²) in [6.45, 7) is 1.99. The van der Waals surface area contributed by atoms with Gasteiger partial charge in [-0.1, -0.05) is 37.3 Å². The van der Waals surface area contributed by atoms with Crippen LogP contribution in [0.15, 0.2) is 48.5 Å². The summed E-state index contributed by atoms with van der Waals surface area (Å²) < 4.78 is 42.3. The minimum atomic E-state index is -3.16. The zero-order chi connectivity index (χ0) is 21.2. The molecule has 1 heterocycles. The van der Waals surface area contributed by atoms with Crippen molar-refractivity contribution >= 4 is 21.5 Å². The minimum absolute atomic E-state index is 0.233. The highest BCUT2D eigenvalue weighted by Gasteiger charge is 2.38. The summed E-state index contributed by atoms with van der Waals surface area (Å²) in [5.41, 5.74) is 3.37. The summed E-state index contributed by atoms with van der Waals surface area (Å²) in [6.07, 6.45) is 1.97. The van der Waals surface area contributed by atoms with Crippen LogP contribution in [0.25, 0.3) is 11.3 Å². The molecule has 0 saturated carbocycles. The van der Waals surface area contributed by atoms with Crippen molar-refractivity contribution in [1.82, 2.24) is 4.98 Å². The third-order valence-electron chi connectivity index (χ3n) is 4.40. The maximum Gasteiger partial charge on any atom is 0.229 e. The Hall–Kier alpha value is -3.13. The van der Waals surface area contributed by atoms with Gasteiger partial charge < -0.3 is 9.72 Å². The van der Waals surface area contributed by atoms with Gasteiger partial charge in [0.15, 0.2) is 5.82 Å². The van der Waals surface area contributed by atoms with E-state index in [-0.39, 0.29) is 11.6 Å². The molecule has 0 saturated heterocycles. The molecule has 1 aliphatic heterocycles. The van der Waals surface area contributed by atoms with Crippen molar-refractivity contribution in [3.8, 4) is 17.0 Å². The number of halogens is 1. The van der Waals surface area contributed by atoms with E-state index in [4.69, 9.17) is 4.74 Å². The summed E-state index contributed by atoms with van der Waals surface area (Å²) in [4.78, 5) is 14.7. The van der Waals surface area contributed by atoms with Crippen LogP contribution >= 0.6 is 0 Å². The van der Waals surface area contributed by atoms with Crippen molar-refractivity contribution in [2.45, 2.75) is 13.3 Å². The number of ketones is 1. The molecule has 0 fully saturated rings. The number of anilines is 1. The normalized spacial score (nSPS) is 11.3. The van der Waals surface area contributed by atoms with Crippen LogP contribution in [0.2, 0.25) is 0 Å². The van der Waals surface area contributed by atoms with Crippen LogP contribution in [0, 0.1) is 5.82 Å². The van der Waals surface area contributed by atoms with E-state index in [1.54, 1.807) is 30.3 Å². The topological polar surface area (TPSA) is 88.3 Å². The average molecular weight is 416 g/mol. The summed E-state index contributed by atoms with van der Waals surface area (Å²) in [7, 11) is -1.66. The highest BCUT2D eigenvalue weighted by molar-refractivity contribution is 7.92. The molecule has 2 N–H and O–H groups in total. The van der Waals surface area contributed by atoms with Gasteiger partial charge >= 0.3 is 0 Å². The molecule has 0 atom stereocenters. The van der Waals surface area contributed by atoms with Crippen LogP contribution in [0.3, 0.4) is 0 Å². The van der Waals surface area contributed by atoms with Gasteiger partial charge in [0.25, 0.3) is 0 Å². The summed E-state index contributed by atoms with van der Waals surface area (Å²) >= 11 is 0. The molecule has 0 unspecified atom stereocenters. The van der Waals surface area contributed by atoms with Crippen LogP contribution in [0.5, 0.6) is 5.75 Å². The average Bonchev–Trinajstić information content (AvgIpc) is 3.19. The molecule has 0 amide bonds. The van der Waals surface area contributed by atoms with Crippen molar-refractivity contribution in [2.24, 2.45) is 0 Å². The van der Waals surface area contributed by atoms with E-state index in [1.165, 1.54) is 7.11 Å². The SMILES string of the molecule is CCc1ccccc1NS(C)(=O)=O.COc1ccccc1C(=O)c1[nH]c2c(F)c1-2. The lowest BCUT2D eigenvalue weighted by molar-refractivity contribution is 0.103. The first kappa shape index (κ1) is 20.6. The predicted molar refractivity (Wildman–Crippen MR) is 110 cm³/mol. The summed E-state index contributed by atoms with van der Waals surface area (Å²) in [6, 6.07) is 14.3. The number of carbonyl (C=O) groups excluding carboxylic acids is 1. The van der Waals surface area contributed by atoms with E-state index in [0.29, 0.717) is 34.0 Å². The van der Waals surface area contributed by atoms with Gasteiger partial charge in [0, 0.05) is 0 Å². The highest BCUT2D eigenvalue weighted by atomic mass is 32.2. The highest BCUT2D eigenvalue weighted by Crippen LogP contribution is 2.45. The molecule has 4 rings (SSSR count). The fraction of sp³-hybridized carbons (Fsp3) is 0.190. The molecule has 1 aliphatic carbocycles. The fourth-order valence-electron chi connectivity index (χ4n) is 2.91. The molecule has 8 heteroatoms. The smallest absolute Gasteiger partial charge is 0.229 e. The minimum Gasteiger partial charge on any atom is -0.496 e. The Labute approximate surface area is 168 Å². The molecule has 2 aromatic rings. The molecule has 6 nitrogen and oxygen atoms in total. The van der Waals surface area contributed by atoms with E-state index < -0.39 is 10.0 Å². The Morgan fingerprint density at radius 3 is 2.34 bits per heavy atom. The van der Waals surface area contributed by atoms with E-state index in [9.17, 15) is 17.6 Å². The number of carbonyl (C=O) groups is 1. The monoisotopic (exact) mass is 416 g/mol. The number of rotatable bonds is 6. The first-order chi connectivity index (χ1) is 13.8. The Morgan fingerprint density at radius 2 is 1.79 bits per heavy atom. The van der Waals surface area contributed by atoms with Gasteiger partial charge in [-0.2, -0.15) is 0 Å². The van der Waals surface area contributed by atoms with Crippen molar-refractivity contribution in [3.05, 3.63) is 71.2 Å². The lowest BCUT2D eigenvalue weighted by Crippen LogP contribution is -2.10. The maximum absolute atomic E-state index is 12.8. The quantitative estimate of drug-likeness (QED) is 0.465. The number of fused-ring (bicyclic) bond motifs is 1. The molecular formula is C21H21FN2O4S. The van der Waals surface area contributed by atoms with Crippen LogP contribution in [-0.4, -0.2) is 32.6 Å². The van der Waals surface area contributed by atoms with Crippen LogP contribution in [0.4, 0.5) is 10.1 Å². The number of ether oxygens (including phenoxy) is 1. The van der Waals surface area contributed by atoms with E-state index >= 15 is 0 Å². The van der Waals surface area contributed by atoms with Crippen molar-refractivity contribution in [1.29, 1.82) is 0 Å². The van der Waals surface area contributed by atoms with E-state index in [1.807, 2.05) is 25.1 Å². The number of hydrogen-bond donors (Lipinski definition) is 2. The van der Waals surface area contributed by atoms with Gasteiger partial charge in [-0.3, -0.25) is 9.52 Å². The van der Waals surface area contributed by atoms with Crippen molar-refractivity contribution < 1.29 is 22.3 Å². The summed E-state index contributed by atoms with van der Waals surface area (Å²) in [5, 5.41) is 0. The van der Waals surface area contributed by atoms with Gasteiger partial charge in [0.05, 0.1) is 35.9 Å². The molecule has 29 heavy (non-hydrogen) atoms. The molecule has 152 valence electrons. The number of hydrogen-bond acceptors (Lipinski definition) is 4. The lowest BCUT2D eigenvalue weighted by Gasteiger charge is -2.08.